The number of hydrogen-bond donors (Lipinski definition) is 3. The zero-order valence-electron chi connectivity index (χ0n) is 20.1. The highest BCUT2D eigenvalue weighted by Gasteiger charge is 2.23. The van der Waals surface area contributed by atoms with Gasteiger partial charge in [-0.25, -0.2) is 0 Å². The van der Waals surface area contributed by atoms with Gasteiger partial charge in [0.15, 0.2) is 17.2 Å². The maximum absolute atomic E-state index is 12.7. The smallest absolute Gasteiger partial charge is 0.272 e. The van der Waals surface area contributed by atoms with Crippen LogP contribution < -0.4 is 20.1 Å². The van der Waals surface area contributed by atoms with E-state index >= 15 is 0 Å². The second kappa shape index (κ2) is 9.89. The molecule has 1 aromatic heterocycles. The average Bonchev–Trinajstić information content (AvgIpc) is 3.31. The lowest BCUT2D eigenvalue weighted by atomic mass is 9.84. The molecule has 0 unspecified atom stereocenters. The second-order valence-electron chi connectivity index (χ2n) is 8.79. The Kier molecular flexibility index (Phi) is 6.73. The molecule has 4 aromatic rings. The number of rotatable bonds is 8. The zero-order valence-corrected chi connectivity index (χ0v) is 20.1. The molecule has 0 saturated carbocycles. The van der Waals surface area contributed by atoms with Crippen LogP contribution in [0.4, 0.5) is 5.69 Å². The van der Waals surface area contributed by atoms with Gasteiger partial charge in [0.25, 0.3) is 11.8 Å². The van der Waals surface area contributed by atoms with E-state index in [0.717, 1.165) is 16.5 Å². The summed E-state index contributed by atoms with van der Waals surface area (Å²) in [6, 6.07) is 20.1. The minimum absolute atomic E-state index is 0.227. The number of nitrogens with one attached hydrogen (secondary N) is 3. The van der Waals surface area contributed by atoms with Crippen LogP contribution in [0.3, 0.4) is 0 Å². The van der Waals surface area contributed by atoms with E-state index in [4.69, 9.17) is 9.47 Å². The monoisotopic (exact) mass is 472 g/mol. The van der Waals surface area contributed by atoms with Gasteiger partial charge >= 0.3 is 0 Å². The van der Waals surface area contributed by atoms with Gasteiger partial charge in [-0.2, -0.15) is 5.10 Å². The Hall–Kier alpha value is -4.33. The number of anilines is 1. The van der Waals surface area contributed by atoms with Crippen LogP contribution in [0.2, 0.25) is 0 Å². The molecule has 0 aliphatic carbocycles. The van der Waals surface area contributed by atoms with Crippen LogP contribution in [0.1, 0.15) is 40.3 Å². The third-order valence-corrected chi connectivity index (χ3v) is 5.95. The molecule has 3 N–H and O–H groups in total. The lowest BCUT2D eigenvalue weighted by Gasteiger charge is -2.26. The minimum atomic E-state index is -0.340. The van der Waals surface area contributed by atoms with Crippen molar-refractivity contribution in [2.24, 2.45) is 0 Å². The van der Waals surface area contributed by atoms with E-state index in [9.17, 15) is 9.59 Å². The van der Waals surface area contributed by atoms with Gasteiger partial charge in [0, 0.05) is 28.6 Å². The topological polar surface area (TPSA) is 105 Å². The van der Waals surface area contributed by atoms with Gasteiger partial charge in [-0.05, 0) is 42.0 Å². The van der Waals surface area contributed by atoms with Crippen molar-refractivity contribution in [1.29, 1.82) is 0 Å². The molecule has 180 valence electrons. The minimum Gasteiger partial charge on any atom is -0.493 e. The van der Waals surface area contributed by atoms with E-state index in [2.05, 4.69) is 20.8 Å². The van der Waals surface area contributed by atoms with E-state index in [0.29, 0.717) is 35.0 Å². The number of H-pyrrole nitrogens is 1. The number of para-hydroxylation sites is 1. The largest absolute Gasteiger partial charge is 0.493 e. The van der Waals surface area contributed by atoms with Crippen LogP contribution >= 0.6 is 0 Å². The molecule has 0 saturated heterocycles. The predicted molar refractivity (Wildman–Crippen MR) is 135 cm³/mol. The zero-order chi connectivity index (χ0) is 25.0. The molecule has 2 amide bonds. The van der Waals surface area contributed by atoms with Gasteiger partial charge < -0.3 is 20.1 Å². The van der Waals surface area contributed by atoms with Gasteiger partial charge in [0.05, 0.1) is 19.7 Å². The maximum Gasteiger partial charge on any atom is 0.272 e. The van der Waals surface area contributed by atoms with Crippen molar-refractivity contribution >= 4 is 28.4 Å². The summed E-state index contributed by atoms with van der Waals surface area (Å²) in [4.78, 5) is 25.4. The molecule has 0 aliphatic heterocycles. The summed E-state index contributed by atoms with van der Waals surface area (Å²) in [6.07, 6.45) is 0. The third-order valence-electron chi connectivity index (χ3n) is 5.95. The number of carbonyl (C=O) groups excluding carboxylic acids is 2. The molecule has 4 rings (SSSR count). The quantitative estimate of drug-likeness (QED) is 0.349. The van der Waals surface area contributed by atoms with Crippen molar-refractivity contribution < 1.29 is 19.1 Å². The van der Waals surface area contributed by atoms with Crippen molar-refractivity contribution in [2.45, 2.75) is 19.3 Å². The van der Waals surface area contributed by atoms with E-state index in [1.807, 2.05) is 62.4 Å². The summed E-state index contributed by atoms with van der Waals surface area (Å²) in [5.74, 6) is 0.566. The Morgan fingerprint density at radius 2 is 1.63 bits per heavy atom. The molecule has 8 nitrogen and oxygen atoms in total. The average molecular weight is 473 g/mol. The van der Waals surface area contributed by atoms with E-state index in [1.54, 1.807) is 25.3 Å². The van der Waals surface area contributed by atoms with Gasteiger partial charge in [0.1, 0.15) is 0 Å². The van der Waals surface area contributed by atoms with Gasteiger partial charge in [0.2, 0.25) is 0 Å². The number of methoxy groups -OCH3 is 2. The summed E-state index contributed by atoms with van der Waals surface area (Å²) in [5.41, 5.74) is 3.01. The molecule has 3 aromatic carbocycles. The van der Waals surface area contributed by atoms with Crippen molar-refractivity contribution in [3.63, 3.8) is 0 Å². The number of fused-ring (bicyclic) bond motifs is 1. The highest BCUT2D eigenvalue weighted by Crippen LogP contribution is 2.28. The standard InChI is InChI=1S/C27H28N4O4/c1-27(2,16-28-26(33)24-20-7-5-6-8-21(20)30-31-24)18-10-12-19(13-11-18)29-25(32)17-9-14-22(34-3)23(15-17)35-4/h5-15H,16H2,1-4H3,(H,28,33)(H,29,32)(H,30,31). The number of aromatic nitrogens is 2. The van der Waals surface area contributed by atoms with Crippen molar-refractivity contribution in [1.82, 2.24) is 15.5 Å². The number of nitrogens with zero attached hydrogens (tertiary/aromatic N) is 1. The molecule has 0 bridgehead atoms. The molecule has 0 aliphatic rings. The number of ether oxygens (including phenoxy) is 2. The highest BCUT2D eigenvalue weighted by molar-refractivity contribution is 6.05. The lowest BCUT2D eigenvalue weighted by molar-refractivity contribution is 0.0941. The van der Waals surface area contributed by atoms with E-state index in [-0.39, 0.29) is 17.2 Å². The van der Waals surface area contributed by atoms with Crippen molar-refractivity contribution in [3.8, 4) is 11.5 Å². The molecular weight excluding hydrogens is 444 g/mol. The number of benzene rings is 3. The predicted octanol–water partition coefficient (Wildman–Crippen LogP) is 4.54. The molecule has 0 spiro atoms. The van der Waals surface area contributed by atoms with Crippen molar-refractivity contribution in [2.75, 3.05) is 26.1 Å². The molecule has 1 heterocycles. The molecule has 0 radical (unpaired) electrons. The number of aromatic amines is 1. The third kappa shape index (κ3) is 5.11. The van der Waals surface area contributed by atoms with Gasteiger partial charge in [-0.1, -0.05) is 44.2 Å². The van der Waals surface area contributed by atoms with E-state index < -0.39 is 0 Å². The fourth-order valence-corrected chi connectivity index (χ4v) is 3.81. The fourth-order valence-electron chi connectivity index (χ4n) is 3.81. The van der Waals surface area contributed by atoms with Crippen LogP contribution in [0.15, 0.2) is 66.7 Å². The Labute approximate surface area is 203 Å². The second-order valence-corrected chi connectivity index (χ2v) is 8.79. The SMILES string of the molecule is COc1ccc(C(=O)Nc2ccc(C(C)(C)CNC(=O)c3n[nH]c4ccccc34)cc2)cc1OC. The summed E-state index contributed by atoms with van der Waals surface area (Å²) >= 11 is 0. The molecule has 35 heavy (non-hydrogen) atoms. The molecule has 8 heteroatoms. The first-order chi connectivity index (χ1) is 16.8. The first kappa shape index (κ1) is 23.8. The molecule has 0 fully saturated rings. The molecule has 0 atom stereocenters. The maximum atomic E-state index is 12.7. The lowest BCUT2D eigenvalue weighted by Crippen LogP contribution is -2.36. The summed E-state index contributed by atoms with van der Waals surface area (Å²) < 4.78 is 10.5. The van der Waals surface area contributed by atoms with Crippen molar-refractivity contribution in [3.05, 3.63) is 83.6 Å². The van der Waals surface area contributed by atoms with Gasteiger partial charge in [-0.15, -0.1) is 0 Å². The first-order valence-corrected chi connectivity index (χ1v) is 11.2. The Morgan fingerprint density at radius 1 is 0.914 bits per heavy atom. The summed E-state index contributed by atoms with van der Waals surface area (Å²) in [6.45, 7) is 4.52. The molecular formula is C27H28N4O4. The highest BCUT2D eigenvalue weighted by atomic mass is 16.5. The Bertz CT molecular complexity index is 1360. The van der Waals surface area contributed by atoms with Crippen LogP contribution in [-0.2, 0) is 5.41 Å². The van der Waals surface area contributed by atoms with Gasteiger partial charge in [-0.3, -0.25) is 14.7 Å². The van der Waals surface area contributed by atoms with Crippen LogP contribution in [-0.4, -0.2) is 42.8 Å². The number of hydrogen-bond acceptors (Lipinski definition) is 5. The van der Waals surface area contributed by atoms with Crippen LogP contribution in [0, 0.1) is 0 Å². The number of amides is 2. The van der Waals surface area contributed by atoms with Crippen LogP contribution in [0.25, 0.3) is 10.9 Å². The van der Waals surface area contributed by atoms with E-state index in [1.165, 1.54) is 7.11 Å². The summed E-state index contributed by atoms with van der Waals surface area (Å²) in [7, 11) is 3.07. The fraction of sp³-hybridized carbons (Fsp3) is 0.222. The number of carbonyl (C=O) groups is 2. The normalized spacial score (nSPS) is 11.2. The van der Waals surface area contributed by atoms with Crippen LogP contribution in [0.5, 0.6) is 11.5 Å². The summed E-state index contributed by atoms with van der Waals surface area (Å²) in [5, 5.41) is 13.7. The Morgan fingerprint density at radius 3 is 2.34 bits per heavy atom. The Balaban J connectivity index is 1.40. The first-order valence-electron chi connectivity index (χ1n) is 11.2.